The van der Waals surface area contributed by atoms with E-state index in [4.69, 9.17) is 37.9 Å². The monoisotopic (exact) mass is 1090 g/mol. The average Bonchev–Trinajstić information content (AvgIpc) is 3.50. The van der Waals surface area contributed by atoms with Crippen LogP contribution in [0.1, 0.15) is 172 Å². The predicted octanol–water partition coefficient (Wildman–Crippen LogP) is 15.6. The first-order valence-corrected chi connectivity index (χ1v) is 28.8. The molecule has 0 saturated heterocycles. The summed E-state index contributed by atoms with van der Waals surface area (Å²) in [6.45, 7) is 11.5. The predicted molar refractivity (Wildman–Crippen MR) is 312 cm³/mol. The molecule has 13 heteroatoms. The molecule has 80 heavy (non-hydrogen) atoms. The molecule has 0 unspecified atom stereocenters. The fourth-order valence-corrected chi connectivity index (χ4v) is 8.54. The van der Waals surface area contributed by atoms with Gasteiger partial charge in [-0.05, 0) is 173 Å². The third-order valence-corrected chi connectivity index (χ3v) is 13.2. The number of unbranched alkanes of at least 4 members (excludes halogenated alkanes) is 16. The first kappa shape index (κ1) is 63.2. The summed E-state index contributed by atoms with van der Waals surface area (Å²) in [7, 11) is 0. The van der Waals surface area contributed by atoms with Crippen LogP contribution in [0.15, 0.2) is 141 Å². The van der Waals surface area contributed by atoms with Crippen molar-refractivity contribution in [3.8, 4) is 39.9 Å². The van der Waals surface area contributed by atoms with E-state index >= 15 is 0 Å². The minimum Gasteiger partial charge on any atom is -0.494 e. The van der Waals surface area contributed by atoms with Crippen LogP contribution in [-0.4, -0.2) is 69.5 Å². The Morgan fingerprint density at radius 1 is 0.375 bits per heavy atom. The Morgan fingerprint density at radius 3 is 1.21 bits per heavy atom. The lowest BCUT2D eigenvalue weighted by atomic mass is 10.0. The molecule has 0 aliphatic rings. The molecule has 5 aromatic rings. The van der Waals surface area contributed by atoms with Gasteiger partial charge in [-0.25, -0.2) is 24.0 Å². The summed E-state index contributed by atoms with van der Waals surface area (Å²) < 4.78 is 44.9. The lowest BCUT2D eigenvalue weighted by molar-refractivity contribution is -0.138. The number of hydrogen-bond acceptors (Lipinski definition) is 13. The molecular weight excluding hydrogens is 1010 g/mol. The zero-order chi connectivity index (χ0) is 56.8. The Morgan fingerprint density at radius 2 is 0.750 bits per heavy atom. The molecule has 0 aliphatic carbocycles. The summed E-state index contributed by atoms with van der Waals surface area (Å²) in [6, 6.07) is 34.4. The molecule has 0 N–H and O–H groups in total. The second-order valence-corrected chi connectivity index (χ2v) is 19.6. The van der Waals surface area contributed by atoms with E-state index < -0.39 is 29.8 Å². The van der Waals surface area contributed by atoms with Crippen LogP contribution < -0.4 is 23.7 Å². The summed E-state index contributed by atoms with van der Waals surface area (Å²) in [4.78, 5) is 62.7. The zero-order valence-electron chi connectivity index (χ0n) is 46.9. The van der Waals surface area contributed by atoms with Gasteiger partial charge in [0.2, 0.25) is 0 Å². The van der Waals surface area contributed by atoms with Gasteiger partial charge >= 0.3 is 29.8 Å². The molecule has 428 valence electrons. The van der Waals surface area contributed by atoms with Crippen LogP contribution in [0.2, 0.25) is 0 Å². The van der Waals surface area contributed by atoms with Crippen molar-refractivity contribution in [3.63, 3.8) is 0 Å². The molecule has 0 aliphatic heterocycles. The van der Waals surface area contributed by atoms with Crippen LogP contribution in [0.4, 0.5) is 0 Å². The zero-order valence-corrected chi connectivity index (χ0v) is 46.9. The Labute approximate surface area is 473 Å². The molecule has 0 saturated carbocycles. The topological polar surface area (TPSA) is 159 Å². The van der Waals surface area contributed by atoms with E-state index in [1.807, 2.05) is 12.1 Å². The summed E-state index contributed by atoms with van der Waals surface area (Å²) >= 11 is 0. The van der Waals surface area contributed by atoms with Gasteiger partial charge in [-0.1, -0.05) is 114 Å². The number of aryl methyl sites for hydroxylation is 1. The van der Waals surface area contributed by atoms with Crippen LogP contribution in [-0.2, 0) is 30.2 Å². The molecule has 0 bridgehead atoms. The molecule has 0 aromatic heterocycles. The molecule has 0 radical (unpaired) electrons. The summed E-state index contributed by atoms with van der Waals surface area (Å²) in [5, 5.41) is 0. The lowest BCUT2D eigenvalue weighted by Crippen LogP contribution is -2.14. The summed E-state index contributed by atoms with van der Waals surface area (Å²) in [5.74, 6) is -0.928. The highest BCUT2D eigenvalue weighted by Crippen LogP contribution is 2.29. The highest BCUT2D eigenvalue weighted by Gasteiger charge is 2.21. The van der Waals surface area contributed by atoms with Gasteiger partial charge in [0.25, 0.3) is 0 Å². The smallest absolute Gasteiger partial charge is 0.343 e. The molecule has 0 spiro atoms. The Balaban J connectivity index is 1.05. The van der Waals surface area contributed by atoms with E-state index in [0.29, 0.717) is 51.0 Å². The number of benzene rings is 5. The number of carbonyl (C=O) groups excluding carboxylic acids is 5. The first-order valence-electron chi connectivity index (χ1n) is 28.8. The number of carbonyl (C=O) groups is 5. The highest BCUT2D eigenvalue weighted by molar-refractivity contribution is 5.97. The van der Waals surface area contributed by atoms with Crippen LogP contribution in [0.5, 0.6) is 28.7 Å². The summed E-state index contributed by atoms with van der Waals surface area (Å²) in [6.07, 6.45) is 23.4. The van der Waals surface area contributed by atoms with Crippen molar-refractivity contribution in [2.24, 2.45) is 0 Å². The van der Waals surface area contributed by atoms with Gasteiger partial charge < -0.3 is 37.9 Å². The minimum absolute atomic E-state index is 0.0550. The quantitative estimate of drug-likeness (QED) is 0.0120. The van der Waals surface area contributed by atoms with Crippen molar-refractivity contribution in [3.05, 3.63) is 163 Å². The van der Waals surface area contributed by atoms with Gasteiger partial charge in [-0.2, -0.15) is 0 Å². The third kappa shape index (κ3) is 25.0. The lowest BCUT2D eigenvalue weighted by Gasteiger charge is -2.13. The van der Waals surface area contributed by atoms with Crippen LogP contribution in [0.25, 0.3) is 11.1 Å². The molecular formula is C67H82O13. The Bertz CT molecular complexity index is 2620. The van der Waals surface area contributed by atoms with Gasteiger partial charge in [-0.3, -0.25) is 0 Å². The van der Waals surface area contributed by atoms with Gasteiger partial charge in [-0.15, -0.1) is 0 Å². The molecule has 13 nitrogen and oxygen atoms in total. The van der Waals surface area contributed by atoms with Crippen molar-refractivity contribution >= 4 is 29.8 Å². The molecule has 0 fully saturated rings. The fourth-order valence-electron chi connectivity index (χ4n) is 8.54. The average molecular weight is 1100 g/mol. The van der Waals surface area contributed by atoms with Crippen LogP contribution in [0, 0.1) is 0 Å². The molecule has 0 heterocycles. The number of rotatable bonds is 41. The largest absolute Gasteiger partial charge is 0.494 e. The number of esters is 5. The van der Waals surface area contributed by atoms with Crippen molar-refractivity contribution in [1.29, 1.82) is 0 Å². The Hall–Kier alpha value is -7.67. The van der Waals surface area contributed by atoms with E-state index in [1.165, 1.54) is 73.4 Å². The molecule has 0 amide bonds. The van der Waals surface area contributed by atoms with Gasteiger partial charge in [0, 0.05) is 12.2 Å². The second-order valence-electron chi connectivity index (χ2n) is 19.6. The van der Waals surface area contributed by atoms with Crippen molar-refractivity contribution in [2.45, 2.75) is 142 Å². The van der Waals surface area contributed by atoms with Crippen molar-refractivity contribution in [2.75, 3.05) is 39.6 Å². The SMILES string of the molecule is C=CC(=O)OCCCCCCOc1ccc(C(=O)Oc2ccc(OC(=O)c3ccc(OCCCCCCOC(=O)C=C)cc3)c(C(=O)OCCCCCCCCOc3ccc(-c4ccc(CCCCCCCC)cc4)cc3)c2)cc1. The third-order valence-electron chi connectivity index (χ3n) is 13.2. The molecule has 5 rings (SSSR count). The van der Waals surface area contributed by atoms with E-state index in [1.54, 1.807) is 48.5 Å². The van der Waals surface area contributed by atoms with Gasteiger partial charge in [0.1, 0.15) is 34.3 Å². The normalized spacial score (nSPS) is 10.8. The molecule has 0 atom stereocenters. The number of hydrogen-bond donors (Lipinski definition) is 0. The van der Waals surface area contributed by atoms with Crippen LogP contribution >= 0.6 is 0 Å². The first-order chi connectivity index (χ1) is 39.1. The van der Waals surface area contributed by atoms with E-state index in [2.05, 4.69) is 56.5 Å². The van der Waals surface area contributed by atoms with Crippen LogP contribution in [0.3, 0.4) is 0 Å². The summed E-state index contributed by atoms with van der Waals surface area (Å²) in [5.41, 5.74) is 4.19. The van der Waals surface area contributed by atoms with E-state index in [9.17, 15) is 24.0 Å². The molecule has 5 aromatic carbocycles. The maximum Gasteiger partial charge on any atom is 0.343 e. The maximum absolute atomic E-state index is 13.7. The minimum atomic E-state index is -0.730. The van der Waals surface area contributed by atoms with Crippen molar-refractivity contribution in [1.82, 2.24) is 0 Å². The second kappa shape index (κ2) is 38.0. The van der Waals surface area contributed by atoms with Gasteiger partial charge in [0.05, 0.1) is 50.8 Å². The van der Waals surface area contributed by atoms with Gasteiger partial charge in [0.15, 0.2) is 0 Å². The maximum atomic E-state index is 13.7. The number of ether oxygens (including phenoxy) is 8. The van der Waals surface area contributed by atoms with E-state index in [0.717, 1.165) is 108 Å². The van der Waals surface area contributed by atoms with Crippen molar-refractivity contribution < 1.29 is 61.9 Å². The Kier molecular flexibility index (Phi) is 30.0. The fraction of sp³-hybridized carbons (Fsp3) is 0.418. The van der Waals surface area contributed by atoms with E-state index in [-0.39, 0.29) is 34.8 Å². The highest BCUT2D eigenvalue weighted by atomic mass is 16.6. The standard InChI is InChI=1S/C67H82O13/c1-4-7-8-9-12-19-26-52-27-29-53(30-28-52)54-31-37-57(38-32-54)73-45-20-13-10-11-14-25-50-78-67(72)61-51-60(79-65(70)55-33-39-58(40-34-55)74-46-21-15-17-23-48-76-63(68)5-2)43-44-62(61)80-66(71)56-35-41-59(42-36-56)75-47-22-16-18-24-49-77-64(69)6-3/h5-6,27-44,51H,2-4,7-26,45-50H2,1H3.